The van der Waals surface area contributed by atoms with Crippen molar-refractivity contribution in [3.8, 4) is 5.75 Å². The SMILES string of the molecule is O=[N+]([O-])c1[c]cc(O)c(Br)c1. The van der Waals surface area contributed by atoms with Gasteiger partial charge in [0, 0.05) is 6.07 Å². The molecule has 0 aliphatic carbocycles. The molecule has 0 saturated heterocycles. The Labute approximate surface area is 70.7 Å². The van der Waals surface area contributed by atoms with Crippen LogP contribution in [-0.2, 0) is 0 Å². The summed E-state index contributed by atoms with van der Waals surface area (Å²) in [4.78, 5) is 9.56. The average Bonchev–Trinajstić information content (AvgIpc) is 1.94. The normalized spacial score (nSPS) is 9.55. The molecule has 1 rings (SSSR count). The third-order valence-electron chi connectivity index (χ3n) is 1.06. The second kappa shape index (κ2) is 2.87. The van der Waals surface area contributed by atoms with Gasteiger partial charge in [0.15, 0.2) is 0 Å². The fraction of sp³-hybridized carbons (Fsp3) is 0. The Hall–Kier alpha value is -1.10. The molecule has 1 N–H and O–H groups in total. The molecular weight excluding hydrogens is 214 g/mol. The zero-order chi connectivity index (χ0) is 8.43. The number of phenols is 1. The Morgan fingerprint density at radius 2 is 2.36 bits per heavy atom. The van der Waals surface area contributed by atoms with Gasteiger partial charge in [-0.05, 0) is 22.0 Å². The van der Waals surface area contributed by atoms with E-state index in [4.69, 9.17) is 5.11 Å². The van der Waals surface area contributed by atoms with Gasteiger partial charge in [-0.2, -0.15) is 0 Å². The summed E-state index contributed by atoms with van der Waals surface area (Å²) >= 11 is 2.94. The number of nitro benzene ring substituents is 1. The highest BCUT2D eigenvalue weighted by Crippen LogP contribution is 2.26. The summed E-state index contributed by atoms with van der Waals surface area (Å²) in [5, 5.41) is 19.1. The van der Waals surface area contributed by atoms with Crippen LogP contribution in [0, 0.1) is 16.2 Å². The molecule has 0 spiro atoms. The summed E-state index contributed by atoms with van der Waals surface area (Å²) in [6.07, 6.45) is 0. The number of hydrogen-bond acceptors (Lipinski definition) is 3. The molecule has 0 amide bonds. The lowest BCUT2D eigenvalue weighted by Crippen LogP contribution is -1.86. The van der Waals surface area contributed by atoms with Gasteiger partial charge in [-0.3, -0.25) is 10.1 Å². The van der Waals surface area contributed by atoms with Crippen LogP contribution in [0.4, 0.5) is 5.69 Å². The number of halogens is 1. The molecule has 0 aliphatic heterocycles. The topological polar surface area (TPSA) is 63.4 Å². The summed E-state index contributed by atoms with van der Waals surface area (Å²) in [6.45, 7) is 0. The lowest BCUT2D eigenvalue weighted by atomic mass is 10.3. The van der Waals surface area contributed by atoms with Gasteiger partial charge in [0.2, 0.25) is 0 Å². The number of nitrogens with zero attached hydrogens (tertiary/aromatic N) is 1. The van der Waals surface area contributed by atoms with Gasteiger partial charge in [0.25, 0.3) is 5.69 Å². The number of non-ortho nitro benzene ring substituents is 1. The van der Waals surface area contributed by atoms with Crippen LogP contribution in [0.3, 0.4) is 0 Å². The van der Waals surface area contributed by atoms with Crippen LogP contribution in [0.5, 0.6) is 5.75 Å². The van der Waals surface area contributed by atoms with Gasteiger partial charge < -0.3 is 5.11 Å². The Morgan fingerprint density at radius 3 is 2.82 bits per heavy atom. The van der Waals surface area contributed by atoms with Crippen molar-refractivity contribution in [1.29, 1.82) is 0 Å². The fourth-order valence-corrected chi connectivity index (χ4v) is 0.884. The van der Waals surface area contributed by atoms with Crippen LogP contribution in [0.2, 0.25) is 0 Å². The van der Waals surface area contributed by atoms with E-state index in [1.54, 1.807) is 0 Å². The zero-order valence-corrected chi connectivity index (χ0v) is 6.83. The summed E-state index contributed by atoms with van der Waals surface area (Å²) in [5.74, 6) is -0.0596. The molecular formula is C6H3BrNO3. The van der Waals surface area contributed by atoms with Crippen molar-refractivity contribution in [2.45, 2.75) is 0 Å². The van der Waals surface area contributed by atoms with Crippen molar-refractivity contribution in [3.63, 3.8) is 0 Å². The Kier molecular flexibility index (Phi) is 2.09. The molecule has 57 valence electrons. The summed E-state index contributed by atoms with van der Waals surface area (Å²) in [6, 6.07) is 4.63. The van der Waals surface area contributed by atoms with Crippen LogP contribution in [0.15, 0.2) is 16.6 Å². The lowest BCUT2D eigenvalue weighted by molar-refractivity contribution is -0.385. The molecule has 1 aromatic carbocycles. The molecule has 0 bridgehead atoms. The van der Waals surface area contributed by atoms with Gasteiger partial charge >= 0.3 is 0 Å². The predicted molar refractivity (Wildman–Crippen MR) is 41.3 cm³/mol. The molecule has 5 heteroatoms. The minimum Gasteiger partial charge on any atom is -0.507 e. The Morgan fingerprint density at radius 1 is 1.73 bits per heavy atom. The van der Waals surface area contributed by atoms with Crippen molar-refractivity contribution in [2.75, 3.05) is 0 Å². The number of aromatic hydroxyl groups is 1. The highest BCUT2D eigenvalue weighted by molar-refractivity contribution is 9.10. The second-order valence-electron chi connectivity index (χ2n) is 1.81. The number of benzene rings is 1. The van der Waals surface area contributed by atoms with E-state index in [0.717, 1.165) is 6.07 Å². The second-order valence-corrected chi connectivity index (χ2v) is 2.66. The Balaban J connectivity index is 3.15. The maximum atomic E-state index is 10.1. The zero-order valence-electron chi connectivity index (χ0n) is 5.24. The summed E-state index contributed by atoms with van der Waals surface area (Å²) in [7, 11) is 0. The van der Waals surface area contributed by atoms with E-state index in [9.17, 15) is 10.1 Å². The minimum absolute atomic E-state index is 0.0596. The van der Waals surface area contributed by atoms with Crippen molar-refractivity contribution >= 4 is 21.6 Å². The van der Waals surface area contributed by atoms with Crippen molar-refractivity contribution in [3.05, 3.63) is 32.8 Å². The number of hydrogen-bond donors (Lipinski definition) is 1. The maximum absolute atomic E-state index is 10.1. The van der Waals surface area contributed by atoms with Gasteiger partial charge in [-0.15, -0.1) is 0 Å². The Bertz CT molecular complexity index is 300. The molecule has 1 radical (unpaired) electrons. The lowest BCUT2D eigenvalue weighted by Gasteiger charge is -1.94. The predicted octanol–water partition coefficient (Wildman–Crippen LogP) is 1.86. The molecule has 0 aromatic heterocycles. The summed E-state index contributed by atoms with van der Waals surface area (Å²) < 4.78 is 0.294. The standard InChI is InChI=1S/C6H3BrNO3/c7-5-3-4(8(10)11)1-2-6(5)9/h2-3,9H. The molecule has 1 aromatic rings. The van der Waals surface area contributed by atoms with Crippen molar-refractivity contribution in [1.82, 2.24) is 0 Å². The molecule has 0 unspecified atom stereocenters. The number of rotatable bonds is 1. The van der Waals surface area contributed by atoms with Crippen LogP contribution in [0.25, 0.3) is 0 Å². The van der Waals surface area contributed by atoms with Gasteiger partial charge in [0.05, 0.1) is 15.5 Å². The van der Waals surface area contributed by atoms with Gasteiger partial charge in [0.1, 0.15) is 5.75 Å². The first-order valence-corrected chi connectivity index (χ1v) is 3.45. The van der Waals surface area contributed by atoms with E-state index in [1.165, 1.54) is 6.07 Å². The highest BCUT2D eigenvalue weighted by Gasteiger charge is 2.07. The van der Waals surface area contributed by atoms with E-state index < -0.39 is 4.92 Å². The van der Waals surface area contributed by atoms with Crippen molar-refractivity contribution < 1.29 is 10.0 Å². The van der Waals surface area contributed by atoms with E-state index in [1.807, 2.05) is 0 Å². The molecule has 0 heterocycles. The maximum Gasteiger partial charge on any atom is 0.278 e. The monoisotopic (exact) mass is 216 g/mol. The van der Waals surface area contributed by atoms with Crippen LogP contribution < -0.4 is 0 Å². The van der Waals surface area contributed by atoms with Crippen molar-refractivity contribution in [2.24, 2.45) is 0 Å². The fourth-order valence-electron chi connectivity index (χ4n) is 0.552. The average molecular weight is 217 g/mol. The van der Waals surface area contributed by atoms with Crippen LogP contribution in [0.1, 0.15) is 0 Å². The number of phenolic OH excluding ortho intramolecular Hbond substituents is 1. The van der Waals surface area contributed by atoms with E-state index in [-0.39, 0.29) is 11.4 Å². The van der Waals surface area contributed by atoms with Gasteiger partial charge in [-0.25, -0.2) is 0 Å². The molecule has 11 heavy (non-hydrogen) atoms. The van der Waals surface area contributed by atoms with Gasteiger partial charge in [-0.1, -0.05) is 0 Å². The first kappa shape index (κ1) is 8.00. The third kappa shape index (κ3) is 1.68. The highest BCUT2D eigenvalue weighted by atomic mass is 79.9. The van der Waals surface area contributed by atoms with E-state index >= 15 is 0 Å². The molecule has 0 atom stereocenters. The first-order chi connectivity index (χ1) is 5.11. The molecule has 0 aliphatic rings. The first-order valence-electron chi connectivity index (χ1n) is 2.66. The largest absolute Gasteiger partial charge is 0.507 e. The smallest absolute Gasteiger partial charge is 0.278 e. The van der Waals surface area contributed by atoms with Crippen LogP contribution >= 0.6 is 15.9 Å². The summed E-state index contributed by atoms with van der Waals surface area (Å²) in [5.41, 5.74) is -0.172. The third-order valence-corrected chi connectivity index (χ3v) is 1.70. The van der Waals surface area contributed by atoms with E-state index in [0.29, 0.717) is 4.47 Å². The number of nitro groups is 1. The van der Waals surface area contributed by atoms with Crippen LogP contribution in [-0.4, -0.2) is 10.0 Å². The molecule has 4 nitrogen and oxygen atoms in total. The van der Waals surface area contributed by atoms with E-state index in [2.05, 4.69) is 22.0 Å². The minimum atomic E-state index is -0.579. The molecule has 0 saturated carbocycles. The quantitative estimate of drug-likeness (QED) is 0.576. The molecule has 0 fully saturated rings.